The van der Waals surface area contributed by atoms with Crippen LogP contribution in [-0.2, 0) is 0 Å². The van der Waals surface area contributed by atoms with Gasteiger partial charge in [0.1, 0.15) is 0 Å². The highest BCUT2D eigenvalue weighted by Gasteiger charge is 2.30. The topological polar surface area (TPSA) is 52.6 Å². The predicted octanol–water partition coefficient (Wildman–Crippen LogP) is 3.85. The highest BCUT2D eigenvalue weighted by Crippen LogP contribution is 2.24. The van der Waals surface area contributed by atoms with E-state index in [4.69, 9.17) is 0 Å². The van der Waals surface area contributed by atoms with Gasteiger partial charge in [0.25, 0.3) is 0 Å². The molecule has 2 N–H and O–H groups in total. The summed E-state index contributed by atoms with van der Waals surface area (Å²) >= 11 is 0. The van der Waals surface area contributed by atoms with E-state index < -0.39 is 0 Å². The van der Waals surface area contributed by atoms with Crippen molar-refractivity contribution in [2.24, 2.45) is 0 Å². The zero-order valence-corrected chi connectivity index (χ0v) is 14.4. The molecule has 2 aromatic carbocycles. The van der Waals surface area contributed by atoms with Crippen molar-refractivity contribution in [1.29, 1.82) is 0 Å². The number of urea groups is 1. The van der Waals surface area contributed by atoms with Gasteiger partial charge in [-0.3, -0.25) is 0 Å². The molecular weight excluding hydrogens is 300 g/mol. The number of nitrogens with zero attached hydrogens (tertiary/aromatic N) is 1. The number of fused-ring (bicyclic) bond motifs is 1. The summed E-state index contributed by atoms with van der Waals surface area (Å²) in [5.74, 6) is 0. The summed E-state index contributed by atoms with van der Waals surface area (Å²) in [7, 11) is 0. The molecule has 2 amide bonds. The average molecular weight is 326 g/mol. The van der Waals surface area contributed by atoms with Crippen LogP contribution in [0.2, 0.25) is 0 Å². The minimum atomic E-state index is -0.374. The first kappa shape index (κ1) is 16.8. The Kier molecular flexibility index (Phi) is 5.05. The van der Waals surface area contributed by atoms with Gasteiger partial charge in [-0.05, 0) is 55.5 Å². The molecule has 3 rings (SSSR count). The van der Waals surface area contributed by atoms with E-state index in [1.54, 1.807) is 6.92 Å². The molecule has 3 atom stereocenters. The molecule has 0 spiro atoms. The van der Waals surface area contributed by atoms with Crippen LogP contribution in [0.1, 0.15) is 44.7 Å². The number of benzene rings is 2. The Bertz CT molecular complexity index is 714. The van der Waals surface area contributed by atoms with Crippen molar-refractivity contribution < 1.29 is 9.90 Å². The lowest BCUT2D eigenvalue weighted by molar-refractivity contribution is 0.137. The fraction of sp³-hybridized carbons (Fsp3) is 0.450. The third-order valence-corrected chi connectivity index (χ3v) is 4.86. The second-order valence-electron chi connectivity index (χ2n) is 6.85. The van der Waals surface area contributed by atoms with Gasteiger partial charge in [0.15, 0.2) is 0 Å². The molecule has 0 bridgehead atoms. The smallest absolute Gasteiger partial charge is 0.318 e. The number of carbonyl (C=O) groups is 1. The number of hydrogen-bond acceptors (Lipinski definition) is 2. The summed E-state index contributed by atoms with van der Waals surface area (Å²) in [4.78, 5) is 14.5. The molecule has 0 radical (unpaired) electrons. The third kappa shape index (κ3) is 3.70. The first-order chi connectivity index (χ1) is 11.5. The van der Waals surface area contributed by atoms with Gasteiger partial charge in [0, 0.05) is 12.6 Å². The maximum Gasteiger partial charge on any atom is 0.318 e. The largest absolute Gasteiger partial charge is 0.393 e. The Balaban J connectivity index is 1.68. The third-order valence-electron chi connectivity index (χ3n) is 4.86. The molecule has 4 heteroatoms. The molecule has 24 heavy (non-hydrogen) atoms. The molecule has 1 aliphatic heterocycles. The van der Waals surface area contributed by atoms with E-state index >= 15 is 0 Å². The Labute approximate surface area is 143 Å². The highest BCUT2D eigenvalue weighted by molar-refractivity contribution is 5.83. The number of aliphatic hydroxyl groups excluding tert-OH is 1. The zero-order valence-electron chi connectivity index (χ0n) is 14.4. The fourth-order valence-electron chi connectivity index (χ4n) is 3.57. The molecule has 0 saturated carbocycles. The van der Waals surface area contributed by atoms with Crippen molar-refractivity contribution in [1.82, 2.24) is 10.2 Å². The van der Waals surface area contributed by atoms with Crippen LogP contribution in [0.15, 0.2) is 42.5 Å². The normalized spacial score (nSPS) is 20.1. The Morgan fingerprint density at radius 1 is 1.25 bits per heavy atom. The van der Waals surface area contributed by atoms with Crippen molar-refractivity contribution in [2.75, 3.05) is 6.54 Å². The standard InChI is InChI=1S/C20H26N2O2/c1-14(23)12-19-8-5-11-22(19)20(24)21-15(2)17-10-9-16-6-3-4-7-18(16)13-17/h3-4,6-7,9-10,13-15,19,23H,5,8,11-12H2,1-2H3,(H,21,24). The predicted molar refractivity (Wildman–Crippen MR) is 96.9 cm³/mol. The van der Waals surface area contributed by atoms with Crippen molar-refractivity contribution >= 4 is 16.8 Å². The van der Waals surface area contributed by atoms with E-state index in [9.17, 15) is 9.90 Å². The summed E-state index contributed by atoms with van der Waals surface area (Å²) in [6.07, 6.45) is 2.26. The van der Waals surface area contributed by atoms with Crippen LogP contribution in [0.4, 0.5) is 4.79 Å². The van der Waals surface area contributed by atoms with E-state index in [1.165, 1.54) is 10.8 Å². The molecule has 4 nitrogen and oxygen atoms in total. The fourth-order valence-corrected chi connectivity index (χ4v) is 3.57. The number of carbonyl (C=O) groups excluding carboxylic acids is 1. The first-order valence-electron chi connectivity index (χ1n) is 8.78. The molecule has 0 aromatic heterocycles. The summed E-state index contributed by atoms with van der Waals surface area (Å²) in [6.45, 7) is 4.57. The summed E-state index contributed by atoms with van der Waals surface area (Å²) in [5.41, 5.74) is 1.10. The van der Waals surface area contributed by atoms with Crippen LogP contribution in [0.5, 0.6) is 0 Å². The number of aliphatic hydroxyl groups is 1. The first-order valence-corrected chi connectivity index (χ1v) is 8.78. The lowest BCUT2D eigenvalue weighted by Gasteiger charge is -2.27. The Morgan fingerprint density at radius 3 is 2.75 bits per heavy atom. The number of hydrogen-bond donors (Lipinski definition) is 2. The van der Waals surface area contributed by atoms with E-state index in [-0.39, 0.29) is 24.2 Å². The number of amides is 2. The van der Waals surface area contributed by atoms with E-state index in [0.717, 1.165) is 24.9 Å². The van der Waals surface area contributed by atoms with Crippen LogP contribution in [0, 0.1) is 0 Å². The van der Waals surface area contributed by atoms with Gasteiger partial charge in [-0.25, -0.2) is 4.79 Å². The molecule has 2 aromatic rings. The molecule has 1 saturated heterocycles. The number of likely N-dealkylation sites (tertiary alicyclic amines) is 1. The zero-order chi connectivity index (χ0) is 17.1. The molecule has 128 valence electrons. The van der Waals surface area contributed by atoms with Gasteiger partial charge in [0.05, 0.1) is 12.1 Å². The van der Waals surface area contributed by atoms with Crippen molar-refractivity contribution in [2.45, 2.75) is 51.3 Å². The van der Waals surface area contributed by atoms with Crippen LogP contribution < -0.4 is 5.32 Å². The van der Waals surface area contributed by atoms with Crippen molar-refractivity contribution in [3.8, 4) is 0 Å². The van der Waals surface area contributed by atoms with Crippen LogP contribution in [0.3, 0.4) is 0 Å². The quantitative estimate of drug-likeness (QED) is 0.897. The lowest BCUT2D eigenvalue weighted by Crippen LogP contribution is -2.44. The van der Waals surface area contributed by atoms with E-state index in [1.807, 2.05) is 24.0 Å². The van der Waals surface area contributed by atoms with Gasteiger partial charge in [0.2, 0.25) is 0 Å². The molecular formula is C20H26N2O2. The van der Waals surface area contributed by atoms with Crippen LogP contribution in [0.25, 0.3) is 10.8 Å². The Hall–Kier alpha value is -2.07. The SMILES string of the molecule is CC(O)CC1CCCN1C(=O)NC(C)c1ccc2ccccc2c1. The number of nitrogens with one attached hydrogen (secondary N) is 1. The molecule has 1 fully saturated rings. The van der Waals surface area contributed by atoms with Crippen molar-refractivity contribution in [3.05, 3.63) is 48.0 Å². The summed E-state index contributed by atoms with van der Waals surface area (Å²) in [6, 6.07) is 14.6. The van der Waals surface area contributed by atoms with Gasteiger partial charge in [-0.2, -0.15) is 0 Å². The van der Waals surface area contributed by atoms with E-state index in [2.05, 4.69) is 35.6 Å². The minimum Gasteiger partial charge on any atom is -0.393 e. The van der Waals surface area contributed by atoms with Crippen molar-refractivity contribution in [3.63, 3.8) is 0 Å². The second-order valence-corrected chi connectivity index (χ2v) is 6.85. The number of rotatable bonds is 4. The molecule has 0 aliphatic carbocycles. The molecule has 1 heterocycles. The van der Waals surface area contributed by atoms with Gasteiger partial charge < -0.3 is 15.3 Å². The summed E-state index contributed by atoms with van der Waals surface area (Å²) in [5, 5.41) is 15.1. The second kappa shape index (κ2) is 7.22. The molecule has 1 aliphatic rings. The minimum absolute atomic E-state index is 0.0289. The maximum absolute atomic E-state index is 12.6. The van der Waals surface area contributed by atoms with Crippen LogP contribution in [-0.4, -0.2) is 34.7 Å². The average Bonchev–Trinajstić information content (AvgIpc) is 3.01. The summed E-state index contributed by atoms with van der Waals surface area (Å²) < 4.78 is 0. The van der Waals surface area contributed by atoms with Gasteiger partial charge in [-0.15, -0.1) is 0 Å². The lowest BCUT2D eigenvalue weighted by atomic mass is 10.0. The highest BCUT2D eigenvalue weighted by atomic mass is 16.3. The molecule has 3 unspecified atom stereocenters. The monoisotopic (exact) mass is 326 g/mol. The Morgan fingerprint density at radius 2 is 2.00 bits per heavy atom. The van der Waals surface area contributed by atoms with Gasteiger partial charge >= 0.3 is 6.03 Å². The van der Waals surface area contributed by atoms with Gasteiger partial charge in [-0.1, -0.05) is 36.4 Å². The van der Waals surface area contributed by atoms with E-state index in [0.29, 0.717) is 6.42 Å². The van der Waals surface area contributed by atoms with Crippen LogP contribution >= 0.6 is 0 Å². The maximum atomic E-state index is 12.6.